The molecule has 2 N–H and O–H groups in total. The lowest BCUT2D eigenvalue weighted by molar-refractivity contribution is 0.173. The van der Waals surface area contributed by atoms with Crippen molar-refractivity contribution >= 4 is 32.5 Å². The minimum atomic E-state index is 0.287. The Morgan fingerprint density at radius 1 is 1.14 bits per heavy atom. The molecule has 21 heavy (non-hydrogen) atoms. The molecule has 2 heterocycles. The molecule has 0 saturated heterocycles. The number of aromatic amines is 1. The van der Waals surface area contributed by atoms with Crippen LogP contribution in [0, 0.1) is 0 Å². The van der Waals surface area contributed by atoms with Crippen molar-refractivity contribution in [3.05, 3.63) is 52.6 Å². The van der Waals surface area contributed by atoms with Crippen molar-refractivity contribution in [2.75, 3.05) is 12.1 Å². The number of hydrogen-bond acceptors (Lipinski definition) is 3. The Kier molecular flexibility index (Phi) is 3.00. The van der Waals surface area contributed by atoms with E-state index in [1.165, 1.54) is 5.39 Å². The first-order valence-corrected chi connectivity index (χ1v) is 7.48. The zero-order valence-corrected chi connectivity index (χ0v) is 12.7. The number of rotatable bonds is 3. The maximum Gasteiger partial charge on any atom is 0.231 e. The molecule has 0 aliphatic carbocycles. The summed E-state index contributed by atoms with van der Waals surface area (Å²) in [4.78, 5) is 3.19. The van der Waals surface area contributed by atoms with Crippen molar-refractivity contribution in [1.29, 1.82) is 0 Å². The van der Waals surface area contributed by atoms with Crippen LogP contribution in [0.4, 0.5) is 5.69 Å². The topological polar surface area (TPSA) is 46.3 Å². The first-order valence-electron chi connectivity index (χ1n) is 6.69. The lowest BCUT2D eigenvalue weighted by atomic mass is 10.2. The van der Waals surface area contributed by atoms with Gasteiger partial charge in [0, 0.05) is 29.3 Å². The van der Waals surface area contributed by atoms with Gasteiger partial charge in [-0.1, -0.05) is 0 Å². The van der Waals surface area contributed by atoms with Crippen LogP contribution in [0.15, 0.2) is 47.1 Å². The van der Waals surface area contributed by atoms with E-state index < -0.39 is 0 Å². The average molecular weight is 345 g/mol. The van der Waals surface area contributed by atoms with Crippen molar-refractivity contribution in [1.82, 2.24) is 4.98 Å². The first kappa shape index (κ1) is 12.6. The molecule has 3 aromatic rings. The van der Waals surface area contributed by atoms with Crippen LogP contribution in [0.5, 0.6) is 11.5 Å². The van der Waals surface area contributed by atoms with E-state index in [-0.39, 0.29) is 6.79 Å². The van der Waals surface area contributed by atoms with Crippen LogP contribution in [0.3, 0.4) is 0 Å². The summed E-state index contributed by atoms with van der Waals surface area (Å²) in [6.45, 7) is 1.01. The normalized spacial score (nSPS) is 12.8. The number of anilines is 1. The van der Waals surface area contributed by atoms with Gasteiger partial charge in [-0.05, 0) is 57.9 Å². The van der Waals surface area contributed by atoms with Crippen LogP contribution in [0.1, 0.15) is 5.56 Å². The highest BCUT2D eigenvalue weighted by molar-refractivity contribution is 9.10. The fourth-order valence-corrected chi connectivity index (χ4v) is 3.09. The minimum Gasteiger partial charge on any atom is -0.454 e. The molecule has 106 valence electrons. The Balaban J connectivity index is 1.55. The maximum atomic E-state index is 5.44. The molecule has 0 bridgehead atoms. The summed E-state index contributed by atoms with van der Waals surface area (Å²) in [6, 6.07) is 12.4. The summed E-state index contributed by atoms with van der Waals surface area (Å²) in [6.07, 6.45) is 1.95. The molecule has 0 unspecified atom stereocenters. The number of benzene rings is 2. The largest absolute Gasteiger partial charge is 0.454 e. The van der Waals surface area contributed by atoms with Gasteiger partial charge in [-0.15, -0.1) is 0 Å². The van der Waals surface area contributed by atoms with Gasteiger partial charge in [0.2, 0.25) is 6.79 Å². The maximum absolute atomic E-state index is 5.44. The fourth-order valence-electron chi connectivity index (χ4n) is 2.49. The number of hydrogen-bond donors (Lipinski definition) is 2. The van der Waals surface area contributed by atoms with E-state index in [1.807, 2.05) is 12.3 Å². The summed E-state index contributed by atoms with van der Waals surface area (Å²) in [5.74, 6) is 1.58. The number of fused-ring (bicyclic) bond motifs is 2. The lowest BCUT2D eigenvalue weighted by Crippen LogP contribution is -1.99. The zero-order chi connectivity index (χ0) is 14.2. The Labute approximate surface area is 130 Å². The molecule has 0 atom stereocenters. The SMILES string of the molecule is Brc1cc(CNc2ccc3[nH]ccc3c2)cc2c1OCO2. The number of H-pyrrole nitrogens is 1. The molecule has 1 aromatic heterocycles. The molecule has 0 fully saturated rings. The molecule has 0 amide bonds. The van der Waals surface area contributed by atoms with Gasteiger partial charge in [0.1, 0.15) is 0 Å². The van der Waals surface area contributed by atoms with E-state index in [1.54, 1.807) is 0 Å². The van der Waals surface area contributed by atoms with Gasteiger partial charge in [-0.3, -0.25) is 0 Å². The molecule has 0 radical (unpaired) electrons. The quantitative estimate of drug-likeness (QED) is 0.745. The Hall–Kier alpha value is -2.14. The smallest absolute Gasteiger partial charge is 0.231 e. The summed E-state index contributed by atoms with van der Waals surface area (Å²) < 4.78 is 11.8. The second kappa shape index (κ2) is 5.00. The fraction of sp³-hybridized carbons (Fsp3) is 0.125. The van der Waals surface area contributed by atoms with Gasteiger partial charge in [0.05, 0.1) is 4.47 Å². The monoisotopic (exact) mass is 344 g/mol. The van der Waals surface area contributed by atoms with Crippen LogP contribution in [-0.2, 0) is 6.54 Å². The second-order valence-corrected chi connectivity index (χ2v) is 5.80. The third-order valence-electron chi connectivity index (χ3n) is 3.54. The van der Waals surface area contributed by atoms with Gasteiger partial charge in [0.25, 0.3) is 0 Å². The van der Waals surface area contributed by atoms with Crippen molar-refractivity contribution < 1.29 is 9.47 Å². The summed E-state index contributed by atoms with van der Waals surface area (Å²) in [7, 11) is 0. The van der Waals surface area contributed by atoms with E-state index in [0.717, 1.165) is 39.3 Å². The first-order chi connectivity index (χ1) is 10.3. The minimum absolute atomic E-state index is 0.287. The highest BCUT2D eigenvalue weighted by Crippen LogP contribution is 2.40. The van der Waals surface area contributed by atoms with E-state index in [2.05, 4.69) is 56.6 Å². The van der Waals surface area contributed by atoms with E-state index in [9.17, 15) is 0 Å². The standard InChI is InChI=1S/C16H13BrN2O2/c17-13-5-10(6-15-16(13)21-9-20-15)8-19-12-1-2-14-11(7-12)3-4-18-14/h1-7,18-19H,8-9H2. The van der Waals surface area contributed by atoms with Gasteiger partial charge in [-0.25, -0.2) is 0 Å². The Morgan fingerprint density at radius 3 is 3.05 bits per heavy atom. The van der Waals surface area contributed by atoms with Crippen molar-refractivity contribution in [3.63, 3.8) is 0 Å². The molecular weight excluding hydrogens is 332 g/mol. The summed E-state index contributed by atoms with van der Waals surface area (Å²) in [5, 5.41) is 4.63. The van der Waals surface area contributed by atoms with Crippen LogP contribution >= 0.6 is 15.9 Å². The number of aromatic nitrogens is 1. The molecule has 4 nitrogen and oxygen atoms in total. The molecule has 4 rings (SSSR count). The Bertz CT molecular complexity index is 813. The highest BCUT2D eigenvalue weighted by atomic mass is 79.9. The molecule has 1 aliphatic rings. The third kappa shape index (κ3) is 2.34. The van der Waals surface area contributed by atoms with Crippen molar-refractivity contribution in [2.45, 2.75) is 6.54 Å². The van der Waals surface area contributed by atoms with Crippen LogP contribution in [0.2, 0.25) is 0 Å². The van der Waals surface area contributed by atoms with Crippen LogP contribution in [0.25, 0.3) is 10.9 Å². The zero-order valence-electron chi connectivity index (χ0n) is 11.2. The highest BCUT2D eigenvalue weighted by Gasteiger charge is 2.17. The lowest BCUT2D eigenvalue weighted by Gasteiger charge is -2.08. The van der Waals surface area contributed by atoms with Crippen LogP contribution in [-0.4, -0.2) is 11.8 Å². The average Bonchev–Trinajstić information content (AvgIpc) is 3.13. The Morgan fingerprint density at radius 2 is 2.10 bits per heavy atom. The van der Waals surface area contributed by atoms with Gasteiger partial charge < -0.3 is 19.8 Å². The molecular formula is C16H13BrN2O2. The second-order valence-electron chi connectivity index (χ2n) is 4.94. The summed E-state index contributed by atoms with van der Waals surface area (Å²) in [5.41, 5.74) is 3.38. The van der Waals surface area contributed by atoms with Crippen molar-refractivity contribution in [2.24, 2.45) is 0 Å². The third-order valence-corrected chi connectivity index (χ3v) is 4.13. The molecule has 2 aromatic carbocycles. The van der Waals surface area contributed by atoms with Gasteiger partial charge in [-0.2, -0.15) is 0 Å². The molecule has 1 aliphatic heterocycles. The van der Waals surface area contributed by atoms with E-state index >= 15 is 0 Å². The number of ether oxygens (including phenoxy) is 2. The number of halogens is 1. The summed E-state index contributed by atoms with van der Waals surface area (Å²) >= 11 is 3.51. The van der Waals surface area contributed by atoms with Gasteiger partial charge in [0.15, 0.2) is 11.5 Å². The van der Waals surface area contributed by atoms with Gasteiger partial charge >= 0.3 is 0 Å². The molecule has 0 saturated carbocycles. The number of nitrogens with one attached hydrogen (secondary N) is 2. The predicted molar refractivity (Wildman–Crippen MR) is 85.9 cm³/mol. The predicted octanol–water partition coefficient (Wildman–Crippen LogP) is 4.27. The van der Waals surface area contributed by atoms with Crippen LogP contribution < -0.4 is 14.8 Å². The van der Waals surface area contributed by atoms with E-state index in [4.69, 9.17) is 9.47 Å². The van der Waals surface area contributed by atoms with Crippen molar-refractivity contribution in [3.8, 4) is 11.5 Å². The van der Waals surface area contributed by atoms with E-state index in [0.29, 0.717) is 0 Å². The molecule has 5 heteroatoms. The molecule has 0 spiro atoms.